The Labute approximate surface area is 106 Å². The standard InChI is InChI=1S/C10H13NS.H3O4P/c12-10-7-11(8-10)6-9-4-2-1-3-5-9;1-5(2,3)4/h1-5,10,12H,6-8H2;(H3,1,2,3,4). The molecule has 0 saturated carbocycles. The monoisotopic (exact) mass is 277 g/mol. The van der Waals surface area contributed by atoms with E-state index < -0.39 is 7.82 Å². The summed E-state index contributed by atoms with van der Waals surface area (Å²) < 4.78 is 8.88. The topological polar surface area (TPSA) is 81.0 Å². The SMILES string of the molecule is O=P(O)(O)O.SC1CN(Cc2ccccc2)C1. The number of phosphoric acid groups is 1. The number of hydrogen-bond acceptors (Lipinski definition) is 3. The van der Waals surface area contributed by atoms with E-state index in [1.54, 1.807) is 0 Å². The number of nitrogens with zero attached hydrogens (tertiary/aromatic N) is 1. The van der Waals surface area contributed by atoms with Gasteiger partial charge in [0, 0.05) is 24.9 Å². The van der Waals surface area contributed by atoms with Crippen LogP contribution in [0.25, 0.3) is 0 Å². The highest BCUT2D eigenvalue weighted by molar-refractivity contribution is 7.81. The quantitative estimate of drug-likeness (QED) is 0.476. The summed E-state index contributed by atoms with van der Waals surface area (Å²) in [4.78, 5) is 24.0. The van der Waals surface area contributed by atoms with Gasteiger partial charge in [0.1, 0.15) is 0 Å². The summed E-state index contributed by atoms with van der Waals surface area (Å²) in [7, 11) is -4.64. The van der Waals surface area contributed by atoms with E-state index in [0.717, 1.165) is 19.6 Å². The molecular weight excluding hydrogens is 261 g/mol. The van der Waals surface area contributed by atoms with E-state index in [-0.39, 0.29) is 0 Å². The Morgan fingerprint density at radius 2 is 1.71 bits per heavy atom. The van der Waals surface area contributed by atoms with E-state index in [4.69, 9.17) is 19.2 Å². The van der Waals surface area contributed by atoms with E-state index in [1.165, 1.54) is 5.56 Å². The summed E-state index contributed by atoms with van der Waals surface area (Å²) in [6, 6.07) is 10.6. The minimum absolute atomic E-state index is 0.605. The number of hydrogen-bond donors (Lipinski definition) is 4. The maximum atomic E-state index is 8.88. The van der Waals surface area contributed by atoms with Crippen molar-refractivity contribution < 1.29 is 19.2 Å². The average molecular weight is 277 g/mol. The van der Waals surface area contributed by atoms with Crippen molar-refractivity contribution in [2.75, 3.05) is 13.1 Å². The van der Waals surface area contributed by atoms with Gasteiger partial charge in [-0.1, -0.05) is 30.3 Å². The van der Waals surface area contributed by atoms with Gasteiger partial charge >= 0.3 is 7.82 Å². The first-order chi connectivity index (χ1) is 7.84. The van der Waals surface area contributed by atoms with Crippen LogP contribution in [0.1, 0.15) is 5.56 Å². The minimum atomic E-state index is -4.64. The van der Waals surface area contributed by atoms with Gasteiger partial charge in [-0.05, 0) is 5.56 Å². The van der Waals surface area contributed by atoms with Gasteiger partial charge in [0.2, 0.25) is 0 Å². The average Bonchev–Trinajstić information content (AvgIpc) is 2.14. The lowest BCUT2D eigenvalue weighted by Gasteiger charge is -2.36. The summed E-state index contributed by atoms with van der Waals surface area (Å²) in [6.45, 7) is 3.36. The number of likely N-dealkylation sites (tertiary alicyclic amines) is 1. The molecule has 7 heteroatoms. The fourth-order valence-electron chi connectivity index (χ4n) is 1.51. The summed E-state index contributed by atoms with van der Waals surface area (Å²) in [5.41, 5.74) is 1.40. The van der Waals surface area contributed by atoms with Gasteiger partial charge in [-0.3, -0.25) is 4.90 Å². The van der Waals surface area contributed by atoms with Crippen LogP contribution in [0.3, 0.4) is 0 Å². The molecule has 1 aromatic carbocycles. The van der Waals surface area contributed by atoms with Crippen LogP contribution >= 0.6 is 20.5 Å². The number of thiol groups is 1. The summed E-state index contributed by atoms with van der Waals surface area (Å²) in [5, 5.41) is 0.605. The lowest BCUT2D eigenvalue weighted by molar-refractivity contribution is 0.182. The summed E-state index contributed by atoms with van der Waals surface area (Å²) in [5.74, 6) is 0. The molecule has 1 fully saturated rings. The predicted octanol–water partition coefficient (Wildman–Crippen LogP) is 0.872. The van der Waals surface area contributed by atoms with Gasteiger partial charge in [0.05, 0.1) is 0 Å². The number of rotatable bonds is 2. The van der Waals surface area contributed by atoms with E-state index in [2.05, 4.69) is 47.9 Å². The fraction of sp³-hybridized carbons (Fsp3) is 0.400. The normalized spacial score (nSPS) is 16.9. The van der Waals surface area contributed by atoms with Crippen molar-refractivity contribution >= 4 is 20.5 Å². The van der Waals surface area contributed by atoms with Crippen molar-refractivity contribution in [1.29, 1.82) is 0 Å². The Hall–Kier alpha value is -0.360. The molecule has 1 heterocycles. The van der Waals surface area contributed by atoms with Crippen molar-refractivity contribution in [3.63, 3.8) is 0 Å². The molecule has 0 radical (unpaired) electrons. The third-order valence-electron chi connectivity index (χ3n) is 2.19. The van der Waals surface area contributed by atoms with Gasteiger partial charge in [-0.2, -0.15) is 12.6 Å². The van der Waals surface area contributed by atoms with Gasteiger partial charge < -0.3 is 14.7 Å². The minimum Gasteiger partial charge on any atom is -0.303 e. The second-order valence-corrected chi connectivity index (χ2v) is 5.60. The van der Waals surface area contributed by atoms with E-state index in [0.29, 0.717) is 5.25 Å². The smallest absolute Gasteiger partial charge is 0.303 e. The van der Waals surface area contributed by atoms with E-state index in [1.807, 2.05) is 0 Å². The van der Waals surface area contributed by atoms with Crippen LogP contribution in [0.15, 0.2) is 30.3 Å². The van der Waals surface area contributed by atoms with Crippen LogP contribution in [0.5, 0.6) is 0 Å². The highest BCUT2D eigenvalue weighted by Gasteiger charge is 2.22. The molecule has 1 aliphatic rings. The lowest BCUT2D eigenvalue weighted by atomic mass is 10.1. The highest BCUT2D eigenvalue weighted by Crippen LogP contribution is 2.25. The van der Waals surface area contributed by atoms with Crippen LogP contribution in [-0.4, -0.2) is 37.9 Å². The van der Waals surface area contributed by atoms with Crippen molar-refractivity contribution in [3.05, 3.63) is 35.9 Å². The van der Waals surface area contributed by atoms with E-state index >= 15 is 0 Å². The van der Waals surface area contributed by atoms with Crippen LogP contribution in [0.2, 0.25) is 0 Å². The Kier molecular flexibility index (Phi) is 5.66. The molecule has 1 aliphatic heterocycles. The van der Waals surface area contributed by atoms with Crippen LogP contribution in [-0.2, 0) is 11.1 Å². The fourth-order valence-corrected chi connectivity index (χ4v) is 1.98. The Bertz CT molecular complexity index is 369. The molecule has 0 amide bonds. The van der Waals surface area contributed by atoms with Crippen LogP contribution < -0.4 is 0 Å². The largest absolute Gasteiger partial charge is 0.466 e. The first-order valence-electron chi connectivity index (χ1n) is 5.07. The third kappa shape index (κ3) is 7.54. The second kappa shape index (κ2) is 6.54. The molecule has 0 aromatic heterocycles. The Morgan fingerprint density at radius 3 is 2.12 bits per heavy atom. The summed E-state index contributed by atoms with van der Waals surface area (Å²) in [6.07, 6.45) is 0. The third-order valence-corrected chi connectivity index (χ3v) is 2.51. The Balaban J connectivity index is 0.000000249. The Morgan fingerprint density at radius 1 is 1.24 bits per heavy atom. The van der Waals surface area contributed by atoms with Gasteiger partial charge in [-0.15, -0.1) is 0 Å². The zero-order valence-electron chi connectivity index (χ0n) is 9.18. The predicted molar refractivity (Wildman–Crippen MR) is 68.8 cm³/mol. The molecule has 0 atom stereocenters. The molecule has 96 valence electrons. The maximum absolute atomic E-state index is 8.88. The van der Waals surface area contributed by atoms with Gasteiger partial charge in [0.15, 0.2) is 0 Å². The van der Waals surface area contributed by atoms with Crippen molar-refractivity contribution in [1.82, 2.24) is 4.90 Å². The zero-order chi connectivity index (χ0) is 12.9. The van der Waals surface area contributed by atoms with E-state index in [9.17, 15) is 0 Å². The van der Waals surface area contributed by atoms with Gasteiger partial charge in [0.25, 0.3) is 0 Å². The van der Waals surface area contributed by atoms with Crippen LogP contribution in [0.4, 0.5) is 0 Å². The maximum Gasteiger partial charge on any atom is 0.466 e. The molecular formula is C10H16NO4PS. The second-order valence-electron chi connectivity index (χ2n) is 3.85. The molecule has 0 spiro atoms. The van der Waals surface area contributed by atoms with Gasteiger partial charge in [-0.25, -0.2) is 4.57 Å². The van der Waals surface area contributed by atoms with Crippen molar-refractivity contribution in [2.24, 2.45) is 0 Å². The summed E-state index contributed by atoms with van der Waals surface area (Å²) >= 11 is 4.37. The number of benzene rings is 1. The molecule has 2 rings (SSSR count). The molecule has 3 N–H and O–H groups in total. The molecule has 1 saturated heterocycles. The first kappa shape index (κ1) is 14.7. The molecule has 0 bridgehead atoms. The molecule has 0 aliphatic carbocycles. The highest BCUT2D eigenvalue weighted by atomic mass is 32.1. The molecule has 0 unspecified atom stereocenters. The molecule has 1 aromatic rings. The molecule has 17 heavy (non-hydrogen) atoms. The molecule has 5 nitrogen and oxygen atoms in total. The van der Waals surface area contributed by atoms with Crippen molar-refractivity contribution in [2.45, 2.75) is 11.8 Å². The van der Waals surface area contributed by atoms with Crippen LogP contribution in [0, 0.1) is 0 Å². The van der Waals surface area contributed by atoms with Crippen molar-refractivity contribution in [3.8, 4) is 0 Å². The lowest BCUT2D eigenvalue weighted by Crippen LogP contribution is -2.46. The zero-order valence-corrected chi connectivity index (χ0v) is 11.0. The first-order valence-corrected chi connectivity index (χ1v) is 7.15.